The number of nitrogens with zero attached hydrogens (tertiary/aromatic N) is 1. The van der Waals surface area contributed by atoms with Crippen LogP contribution >= 0.6 is 0 Å². The highest BCUT2D eigenvalue weighted by molar-refractivity contribution is 5.24. The molecule has 0 bridgehead atoms. The average Bonchev–Trinajstić information content (AvgIpc) is 2.31. The molecule has 0 N–H and O–H groups in total. The number of hydrogen-bond donors (Lipinski definition) is 0. The zero-order valence-corrected chi connectivity index (χ0v) is 11.4. The van der Waals surface area contributed by atoms with Gasteiger partial charge in [0.05, 0.1) is 5.56 Å². The van der Waals surface area contributed by atoms with Crippen LogP contribution in [0.15, 0.2) is 24.3 Å². The number of piperidine rings is 1. The van der Waals surface area contributed by atoms with Gasteiger partial charge < -0.3 is 0 Å². The van der Waals surface area contributed by atoms with Crippen molar-refractivity contribution in [3.05, 3.63) is 35.4 Å². The van der Waals surface area contributed by atoms with Crippen molar-refractivity contribution in [1.29, 1.82) is 0 Å². The molecule has 1 heterocycles. The van der Waals surface area contributed by atoms with Gasteiger partial charge in [-0.25, -0.2) is 0 Å². The maximum atomic E-state index is 12.5. The molecule has 1 fully saturated rings. The van der Waals surface area contributed by atoms with Gasteiger partial charge in [-0.3, -0.25) is 4.90 Å². The van der Waals surface area contributed by atoms with E-state index in [0.29, 0.717) is 5.41 Å². The van der Waals surface area contributed by atoms with Gasteiger partial charge in [0, 0.05) is 6.54 Å². The predicted molar refractivity (Wildman–Crippen MR) is 69.7 cm³/mol. The first kappa shape index (κ1) is 14.4. The van der Waals surface area contributed by atoms with Crippen LogP contribution in [0.4, 0.5) is 13.2 Å². The minimum absolute atomic E-state index is 0.399. The Morgan fingerprint density at radius 1 is 1.05 bits per heavy atom. The lowest BCUT2D eigenvalue weighted by Gasteiger charge is -2.36. The van der Waals surface area contributed by atoms with Gasteiger partial charge in [-0.05, 0) is 49.0 Å². The van der Waals surface area contributed by atoms with Crippen molar-refractivity contribution in [3.8, 4) is 0 Å². The molecule has 0 radical (unpaired) electrons. The second kappa shape index (κ2) is 5.16. The van der Waals surface area contributed by atoms with E-state index in [1.54, 1.807) is 12.1 Å². The van der Waals surface area contributed by atoms with Crippen LogP contribution in [-0.2, 0) is 12.7 Å². The molecular formula is C15H20F3N. The molecular weight excluding hydrogens is 251 g/mol. The average molecular weight is 271 g/mol. The molecule has 0 aromatic heterocycles. The van der Waals surface area contributed by atoms with E-state index in [1.807, 2.05) is 0 Å². The van der Waals surface area contributed by atoms with E-state index in [0.717, 1.165) is 38.0 Å². The van der Waals surface area contributed by atoms with E-state index in [-0.39, 0.29) is 0 Å². The first-order chi connectivity index (χ1) is 8.76. The van der Waals surface area contributed by atoms with Crippen molar-refractivity contribution in [2.24, 2.45) is 5.41 Å². The predicted octanol–water partition coefficient (Wildman–Crippen LogP) is 4.33. The van der Waals surface area contributed by atoms with Gasteiger partial charge in [0.2, 0.25) is 0 Å². The Hall–Kier alpha value is -1.03. The fraction of sp³-hybridized carbons (Fsp3) is 0.600. The van der Waals surface area contributed by atoms with E-state index < -0.39 is 11.7 Å². The summed E-state index contributed by atoms with van der Waals surface area (Å²) in [5.74, 6) is 0. The summed E-state index contributed by atoms with van der Waals surface area (Å²) < 4.78 is 37.4. The summed E-state index contributed by atoms with van der Waals surface area (Å²) in [6.07, 6.45) is -1.95. The summed E-state index contributed by atoms with van der Waals surface area (Å²) in [5.41, 5.74) is 0.778. The van der Waals surface area contributed by atoms with Crippen molar-refractivity contribution in [1.82, 2.24) is 4.90 Å². The maximum absolute atomic E-state index is 12.5. The standard InChI is InChI=1S/C15H20F3N/c1-14(2)7-9-19(10-8-14)11-12-3-5-13(6-4-12)15(16,17)18/h3-6H,7-11H2,1-2H3. The monoisotopic (exact) mass is 271 g/mol. The molecule has 1 aliphatic rings. The third-order valence-corrected chi connectivity index (χ3v) is 3.90. The molecule has 0 unspecified atom stereocenters. The van der Waals surface area contributed by atoms with Crippen molar-refractivity contribution in [3.63, 3.8) is 0 Å². The van der Waals surface area contributed by atoms with E-state index >= 15 is 0 Å². The molecule has 1 nitrogen and oxygen atoms in total. The van der Waals surface area contributed by atoms with E-state index in [2.05, 4.69) is 18.7 Å². The van der Waals surface area contributed by atoms with E-state index in [9.17, 15) is 13.2 Å². The Balaban J connectivity index is 1.94. The van der Waals surface area contributed by atoms with E-state index in [1.165, 1.54) is 12.1 Å². The highest BCUT2D eigenvalue weighted by Crippen LogP contribution is 2.31. The van der Waals surface area contributed by atoms with Crippen LogP contribution in [0.25, 0.3) is 0 Å². The molecule has 0 saturated carbocycles. The SMILES string of the molecule is CC1(C)CCN(Cc2ccc(C(F)(F)F)cc2)CC1. The molecule has 106 valence electrons. The van der Waals surface area contributed by atoms with Crippen molar-refractivity contribution in [2.75, 3.05) is 13.1 Å². The summed E-state index contributed by atoms with van der Waals surface area (Å²) in [4.78, 5) is 2.31. The van der Waals surface area contributed by atoms with Gasteiger partial charge in [0.25, 0.3) is 0 Å². The number of halogens is 3. The molecule has 0 amide bonds. The molecule has 0 spiro atoms. The summed E-state index contributed by atoms with van der Waals surface area (Å²) in [6, 6.07) is 5.51. The van der Waals surface area contributed by atoms with Gasteiger partial charge in [-0.15, -0.1) is 0 Å². The lowest BCUT2D eigenvalue weighted by atomic mass is 9.82. The fourth-order valence-corrected chi connectivity index (χ4v) is 2.37. The lowest BCUT2D eigenvalue weighted by Crippen LogP contribution is -2.36. The molecule has 2 rings (SSSR count). The normalized spacial score (nSPS) is 20.5. The van der Waals surface area contributed by atoms with Crippen molar-refractivity contribution in [2.45, 2.75) is 39.4 Å². The zero-order valence-electron chi connectivity index (χ0n) is 11.4. The number of rotatable bonds is 2. The Morgan fingerprint density at radius 3 is 2.05 bits per heavy atom. The molecule has 0 aliphatic carbocycles. The molecule has 1 aromatic rings. The second-order valence-corrected chi connectivity index (χ2v) is 6.14. The molecule has 1 aliphatic heterocycles. The Kier molecular flexibility index (Phi) is 3.90. The van der Waals surface area contributed by atoms with E-state index in [4.69, 9.17) is 0 Å². The van der Waals surface area contributed by atoms with Gasteiger partial charge in [-0.1, -0.05) is 26.0 Å². The largest absolute Gasteiger partial charge is 0.416 e. The van der Waals surface area contributed by atoms with Crippen molar-refractivity contribution < 1.29 is 13.2 Å². The number of benzene rings is 1. The van der Waals surface area contributed by atoms with Crippen LogP contribution in [0.5, 0.6) is 0 Å². The summed E-state index contributed by atoms with van der Waals surface area (Å²) in [6.45, 7) is 7.32. The first-order valence-corrected chi connectivity index (χ1v) is 6.65. The van der Waals surface area contributed by atoms with Gasteiger partial charge in [0.15, 0.2) is 0 Å². The smallest absolute Gasteiger partial charge is 0.299 e. The van der Waals surface area contributed by atoms with Crippen LogP contribution in [0.1, 0.15) is 37.8 Å². The van der Waals surface area contributed by atoms with Crippen LogP contribution in [0, 0.1) is 5.41 Å². The fourth-order valence-electron chi connectivity index (χ4n) is 2.37. The molecule has 19 heavy (non-hydrogen) atoms. The van der Waals surface area contributed by atoms with Gasteiger partial charge in [-0.2, -0.15) is 13.2 Å². The Bertz CT molecular complexity index is 410. The Morgan fingerprint density at radius 2 is 1.58 bits per heavy atom. The third kappa shape index (κ3) is 3.96. The topological polar surface area (TPSA) is 3.24 Å². The van der Waals surface area contributed by atoms with Gasteiger partial charge >= 0.3 is 6.18 Å². The highest BCUT2D eigenvalue weighted by atomic mass is 19.4. The second-order valence-electron chi connectivity index (χ2n) is 6.14. The number of likely N-dealkylation sites (tertiary alicyclic amines) is 1. The third-order valence-electron chi connectivity index (χ3n) is 3.90. The Labute approximate surface area is 112 Å². The van der Waals surface area contributed by atoms with Crippen LogP contribution in [0.2, 0.25) is 0 Å². The number of alkyl halides is 3. The minimum atomic E-state index is -4.24. The zero-order chi connectivity index (χ0) is 14.1. The summed E-state index contributed by atoms with van der Waals surface area (Å²) in [7, 11) is 0. The lowest BCUT2D eigenvalue weighted by molar-refractivity contribution is -0.137. The molecule has 1 aromatic carbocycles. The number of hydrogen-bond acceptors (Lipinski definition) is 1. The molecule has 0 atom stereocenters. The highest BCUT2D eigenvalue weighted by Gasteiger charge is 2.30. The van der Waals surface area contributed by atoms with Crippen LogP contribution in [0.3, 0.4) is 0 Å². The maximum Gasteiger partial charge on any atom is 0.416 e. The quantitative estimate of drug-likeness (QED) is 0.774. The minimum Gasteiger partial charge on any atom is -0.299 e. The summed E-state index contributed by atoms with van der Waals surface area (Å²) in [5, 5.41) is 0. The molecule has 4 heteroatoms. The van der Waals surface area contributed by atoms with Gasteiger partial charge in [0.1, 0.15) is 0 Å². The van der Waals surface area contributed by atoms with Crippen LogP contribution < -0.4 is 0 Å². The van der Waals surface area contributed by atoms with Crippen LogP contribution in [-0.4, -0.2) is 18.0 Å². The summed E-state index contributed by atoms with van der Waals surface area (Å²) >= 11 is 0. The van der Waals surface area contributed by atoms with Crippen molar-refractivity contribution >= 4 is 0 Å². The first-order valence-electron chi connectivity index (χ1n) is 6.65. The molecule has 1 saturated heterocycles.